The summed E-state index contributed by atoms with van der Waals surface area (Å²) in [6, 6.07) is 5.98. The van der Waals surface area contributed by atoms with Crippen molar-refractivity contribution in [3.05, 3.63) is 35.6 Å². The second kappa shape index (κ2) is 11.6. The largest absolute Gasteiger partial charge is 0.355 e. The van der Waals surface area contributed by atoms with E-state index in [1.807, 2.05) is 11.8 Å². The average Bonchev–Trinajstić information content (AvgIpc) is 3.03. The molecule has 26 heavy (non-hydrogen) atoms. The number of hydrogen-bond acceptors (Lipinski definition) is 3. The zero-order valence-corrected chi connectivity index (χ0v) is 18.5. The lowest BCUT2D eigenvalue weighted by molar-refractivity contribution is -0.120. The number of carbonyl (C=O) groups is 1. The molecule has 1 heterocycles. The minimum absolute atomic E-state index is 0. The molecule has 1 amide bonds. The quantitative estimate of drug-likeness (QED) is 0.236. The molecule has 0 bridgehead atoms. The monoisotopic (exact) mass is 494 g/mol. The molecule has 1 aromatic rings. The van der Waals surface area contributed by atoms with Gasteiger partial charge in [-0.05, 0) is 43.2 Å². The minimum Gasteiger partial charge on any atom is -0.355 e. The number of carbonyl (C=O) groups excluding carboxylic acids is 1. The second-order valence-corrected chi connectivity index (χ2v) is 8.09. The average molecular weight is 494 g/mol. The number of rotatable bonds is 7. The van der Waals surface area contributed by atoms with Crippen molar-refractivity contribution < 1.29 is 9.18 Å². The maximum Gasteiger partial charge on any atom is 0.224 e. The van der Waals surface area contributed by atoms with Crippen LogP contribution in [0, 0.1) is 5.82 Å². The highest BCUT2D eigenvalue weighted by molar-refractivity contribution is 14.0. The fourth-order valence-corrected chi connectivity index (χ4v) is 3.94. The molecule has 1 aromatic carbocycles. The van der Waals surface area contributed by atoms with Crippen LogP contribution in [-0.4, -0.2) is 49.0 Å². The van der Waals surface area contributed by atoms with Gasteiger partial charge in [-0.25, -0.2) is 4.39 Å². The van der Waals surface area contributed by atoms with Crippen molar-refractivity contribution >= 4 is 47.6 Å². The normalized spacial score (nSPS) is 19.6. The predicted molar refractivity (Wildman–Crippen MR) is 118 cm³/mol. The lowest BCUT2D eigenvalue weighted by atomic mass is 10.1. The number of nitrogens with one attached hydrogen (secondary N) is 3. The summed E-state index contributed by atoms with van der Waals surface area (Å²) in [7, 11) is 1.74. The van der Waals surface area contributed by atoms with Crippen LogP contribution in [0.15, 0.2) is 29.3 Å². The number of guanidine groups is 1. The SMILES string of the molecule is CN=C(NCCNC(=O)Cc1ccc(F)cc1)NCC1(C)CCCS1.I. The molecule has 0 spiro atoms. The Labute approximate surface area is 176 Å². The fraction of sp³-hybridized carbons (Fsp3) is 0.556. The van der Waals surface area contributed by atoms with Crippen molar-refractivity contribution in [1.29, 1.82) is 0 Å². The molecule has 1 atom stereocenters. The van der Waals surface area contributed by atoms with E-state index < -0.39 is 0 Å². The van der Waals surface area contributed by atoms with Gasteiger partial charge in [0.1, 0.15) is 5.82 Å². The number of aliphatic imine (C=N–C) groups is 1. The summed E-state index contributed by atoms with van der Waals surface area (Å²) in [5.74, 6) is 1.61. The van der Waals surface area contributed by atoms with E-state index in [2.05, 4.69) is 27.9 Å². The first-order valence-electron chi connectivity index (χ1n) is 8.60. The highest BCUT2D eigenvalue weighted by atomic mass is 127. The molecule has 3 N–H and O–H groups in total. The molecule has 146 valence electrons. The third kappa shape index (κ3) is 8.11. The zero-order chi connectivity index (χ0) is 18.1. The van der Waals surface area contributed by atoms with E-state index in [1.54, 1.807) is 19.2 Å². The van der Waals surface area contributed by atoms with Gasteiger partial charge in [0, 0.05) is 31.4 Å². The van der Waals surface area contributed by atoms with Crippen LogP contribution in [0.2, 0.25) is 0 Å². The Morgan fingerprint density at radius 3 is 2.54 bits per heavy atom. The van der Waals surface area contributed by atoms with Crippen molar-refractivity contribution in [2.24, 2.45) is 4.99 Å². The van der Waals surface area contributed by atoms with Gasteiger partial charge < -0.3 is 16.0 Å². The number of nitrogens with zero attached hydrogens (tertiary/aromatic N) is 1. The third-order valence-corrected chi connectivity index (χ3v) is 5.71. The van der Waals surface area contributed by atoms with Crippen LogP contribution in [0.4, 0.5) is 4.39 Å². The fourth-order valence-electron chi connectivity index (χ4n) is 2.70. The summed E-state index contributed by atoms with van der Waals surface area (Å²) >= 11 is 2.01. The van der Waals surface area contributed by atoms with E-state index in [1.165, 1.54) is 30.7 Å². The summed E-state index contributed by atoms with van der Waals surface area (Å²) in [4.78, 5) is 16.1. The van der Waals surface area contributed by atoms with Gasteiger partial charge in [0.2, 0.25) is 5.91 Å². The van der Waals surface area contributed by atoms with Crippen LogP contribution in [0.25, 0.3) is 0 Å². The first-order valence-corrected chi connectivity index (χ1v) is 9.59. The van der Waals surface area contributed by atoms with Gasteiger partial charge in [0.25, 0.3) is 0 Å². The predicted octanol–water partition coefficient (Wildman–Crippen LogP) is 2.55. The van der Waals surface area contributed by atoms with Gasteiger partial charge in [0.15, 0.2) is 5.96 Å². The molecule has 1 fully saturated rings. The molecule has 1 saturated heterocycles. The van der Waals surface area contributed by atoms with Gasteiger partial charge >= 0.3 is 0 Å². The first kappa shape index (κ1) is 23.0. The Morgan fingerprint density at radius 2 is 1.92 bits per heavy atom. The first-order chi connectivity index (χ1) is 12.0. The molecule has 2 rings (SSSR count). The zero-order valence-electron chi connectivity index (χ0n) is 15.3. The van der Waals surface area contributed by atoms with Gasteiger partial charge in [-0.1, -0.05) is 12.1 Å². The van der Waals surface area contributed by atoms with Crippen molar-refractivity contribution in [3.63, 3.8) is 0 Å². The molecule has 1 aliphatic rings. The highest BCUT2D eigenvalue weighted by Gasteiger charge is 2.29. The summed E-state index contributed by atoms with van der Waals surface area (Å²) < 4.78 is 13.1. The van der Waals surface area contributed by atoms with Crippen LogP contribution < -0.4 is 16.0 Å². The van der Waals surface area contributed by atoms with E-state index in [0.717, 1.165) is 18.1 Å². The van der Waals surface area contributed by atoms with Crippen LogP contribution in [0.5, 0.6) is 0 Å². The van der Waals surface area contributed by atoms with E-state index in [9.17, 15) is 9.18 Å². The van der Waals surface area contributed by atoms with Crippen LogP contribution in [0.1, 0.15) is 25.3 Å². The van der Waals surface area contributed by atoms with Crippen molar-refractivity contribution in [2.45, 2.75) is 30.9 Å². The van der Waals surface area contributed by atoms with E-state index in [-0.39, 0.29) is 46.9 Å². The third-order valence-electron chi connectivity index (χ3n) is 4.17. The molecule has 0 radical (unpaired) electrons. The van der Waals surface area contributed by atoms with E-state index >= 15 is 0 Å². The minimum atomic E-state index is -0.294. The summed E-state index contributed by atoms with van der Waals surface area (Å²) in [5.41, 5.74) is 0.798. The van der Waals surface area contributed by atoms with Gasteiger partial charge in [0.05, 0.1) is 6.42 Å². The van der Waals surface area contributed by atoms with Gasteiger partial charge in [-0.15, -0.1) is 24.0 Å². The van der Waals surface area contributed by atoms with Gasteiger partial charge in [-0.3, -0.25) is 9.79 Å². The van der Waals surface area contributed by atoms with E-state index in [4.69, 9.17) is 0 Å². The molecule has 0 aliphatic carbocycles. The maximum atomic E-state index is 12.8. The van der Waals surface area contributed by atoms with Crippen LogP contribution >= 0.6 is 35.7 Å². The second-order valence-electron chi connectivity index (χ2n) is 6.41. The van der Waals surface area contributed by atoms with Crippen molar-refractivity contribution in [1.82, 2.24) is 16.0 Å². The van der Waals surface area contributed by atoms with Crippen LogP contribution in [-0.2, 0) is 11.2 Å². The topological polar surface area (TPSA) is 65.5 Å². The Morgan fingerprint density at radius 1 is 1.23 bits per heavy atom. The maximum absolute atomic E-state index is 12.8. The molecular formula is C18H28FIN4OS. The molecule has 0 aromatic heterocycles. The molecular weight excluding hydrogens is 466 g/mol. The Balaban J connectivity index is 0.00000338. The number of thioether (sulfide) groups is 1. The highest BCUT2D eigenvalue weighted by Crippen LogP contribution is 2.36. The molecule has 1 aliphatic heterocycles. The summed E-state index contributed by atoms with van der Waals surface area (Å²) in [5, 5.41) is 9.41. The number of benzene rings is 1. The summed E-state index contributed by atoms with van der Waals surface area (Å²) in [6.07, 6.45) is 2.75. The molecule has 0 saturated carbocycles. The molecule has 5 nitrogen and oxygen atoms in total. The molecule has 8 heteroatoms. The number of hydrogen-bond donors (Lipinski definition) is 3. The van der Waals surface area contributed by atoms with Crippen molar-refractivity contribution in [2.75, 3.05) is 32.4 Å². The van der Waals surface area contributed by atoms with Gasteiger partial charge in [-0.2, -0.15) is 11.8 Å². The van der Waals surface area contributed by atoms with Crippen LogP contribution in [0.3, 0.4) is 0 Å². The van der Waals surface area contributed by atoms with Crippen molar-refractivity contribution in [3.8, 4) is 0 Å². The summed E-state index contributed by atoms with van der Waals surface area (Å²) in [6.45, 7) is 4.26. The lowest BCUT2D eigenvalue weighted by Crippen LogP contribution is -2.45. The Kier molecular flexibility index (Phi) is 10.3. The standard InChI is InChI=1S/C18H27FN4OS.HI/c1-18(8-3-11-25-18)13-23-17(20-2)22-10-9-21-16(24)12-14-4-6-15(19)7-5-14;/h4-7H,3,8-13H2,1-2H3,(H,21,24)(H2,20,22,23);1H. The van der Waals surface area contributed by atoms with E-state index in [0.29, 0.717) is 13.1 Å². The molecule has 1 unspecified atom stereocenters. The number of halogens is 2. The Bertz CT molecular complexity index is 591. The smallest absolute Gasteiger partial charge is 0.224 e. The Hall–Kier alpha value is -1.03. The number of amides is 1. The lowest BCUT2D eigenvalue weighted by Gasteiger charge is -2.24.